The van der Waals surface area contributed by atoms with Crippen LogP contribution in [0.5, 0.6) is 0 Å². The predicted octanol–water partition coefficient (Wildman–Crippen LogP) is 4.01. The molecule has 1 aromatic carbocycles. The van der Waals surface area contributed by atoms with Gasteiger partial charge in [0.2, 0.25) is 0 Å². The smallest absolute Gasteiger partial charge is 0.191 e. The normalized spacial score (nSPS) is 11.0. The van der Waals surface area contributed by atoms with Gasteiger partial charge in [-0.1, -0.05) is 42.1 Å². The summed E-state index contributed by atoms with van der Waals surface area (Å²) in [5, 5.41) is 9.33. The van der Waals surface area contributed by atoms with Gasteiger partial charge in [-0.3, -0.25) is 9.59 Å². The number of nitrogens with zero attached hydrogens (tertiary/aromatic N) is 3. The Morgan fingerprint density at radius 1 is 1.14 bits per heavy atom. The molecule has 6 nitrogen and oxygen atoms in total. The first-order valence-electron chi connectivity index (χ1n) is 9.24. The first kappa shape index (κ1) is 20.1. The van der Waals surface area contributed by atoms with E-state index in [1.54, 1.807) is 0 Å². The van der Waals surface area contributed by atoms with E-state index in [9.17, 15) is 9.59 Å². The van der Waals surface area contributed by atoms with Crippen molar-refractivity contribution in [3.8, 4) is 0 Å². The fourth-order valence-electron chi connectivity index (χ4n) is 3.41. The van der Waals surface area contributed by atoms with Gasteiger partial charge in [-0.05, 0) is 38.8 Å². The molecule has 7 heteroatoms. The van der Waals surface area contributed by atoms with Gasteiger partial charge in [0.25, 0.3) is 0 Å². The molecule has 0 spiro atoms. The molecule has 0 fully saturated rings. The van der Waals surface area contributed by atoms with Crippen LogP contribution in [0, 0.1) is 13.8 Å². The number of aromatic amines is 1. The van der Waals surface area contributed by atoms with Gasteiger partial charge in [0.1, 0.15) is 5.82 Å². The molecule has 2 heterocycles. The van der Waals surface area contributed by atoms with Gasteiger partial charge in [0.15, 0.2) is 16.7 Å². The van der Waals surface area contributed by atoms with E-state index >= 15 is 0 Å². The lowest BCUT2D eigenvalue weighted by atomic mass is 10.1. The molecule has 28 heavy (non-hydrogen) atoms. The number of nitrogens with one attached hydrogen (secondary N) is 1. The Labute approximate surface area is 168 Å². The zero-order valence-electron chi connectivity index (χ0n) is 16.6. The van der Waals surface area contributed by atoms with E-state index in [1.165, 1.54) is 24.2 Å². The number of H-pyrrole nitrogens is 1. The predicted molar refractivity (Wildman–Crippen MR) is 110 cm³/mol. The summed E-state index contributed by atoms with van der Waals surface area (Å²) in [7, 11) is 0. The van der Waals surface area contributed by atoms with Crippen LogP contribution in [0.15, 0.2) is 35.5 Å². The summed E-state index contributed by atoms with van der Waals surface area (Å²) in [4.78, 5) is 27.6. The zero-order valence-corrected chi connectivity index (χ0v) is 17.4. The average molecular weight is 397 g/mol. The fourth-order valence-corrected chi connectivity index (χ4v) is 4.31. The third-order valence-electron chi connectivity index (χ3n) is 4.72. The number of hydrogen-bond donors (Lipinski definition) is 1. The van der Waals surface area contributed by atoms with Gasteiger partial charge in [0, 0.05) is 24.2 Å². The number of rotatable bonds is 8. The Kier molecular flexibility index (Phi) is 6.14. The van der Waals surface area contributed by atoms with Crippen LogP contribution in [0.3, 0.4) is 0 Å². The topological polar surface area (TPSA) is 80.6 Å². The molecule has 0 aliphatic carbocycles. The number of ketones is 2. The van der Waals surface area contributed by atoms with E-state index in [0.29, 0.717) is 17.7 Å². The maximum absolute atomic E-state index is 12.7. The number of Topliss-reactive ketones (excluding diaryl/α,β-unsaturated/α-hetero) is 2. The van der Waals surface area contributed by atoms with Crippen LogP contribution in [0.1, 0.15) is 57.3 Å². The molecule has 0 aliphatic rings. The van der Waals surface area contributed by atoms with Crippen molar-refractivity contribution in [3.05, 3.63) is 64.2 Å². The van der Waals surface area contributed by atoms with E-state index in [2.05, 4.69) is 27.3 Å². The van der Waals surface area contributed by atoms with Gasteiger partial charge < -0.3 is 9.55 Å². The molecule has 3 aromatic rings. The van der Waals surface area contributed by atoms with E-state index in [0.717, 1.165) is 28.8 Å². The summed E-state index contributed by atoms with van der Waals surface area (Å²) >= 11 is 1.37. The van der Waals surface area contributed by atoms with Crippen LogP contribution >= 0.6 is 11.8 Å². The van der Waals surface area contributed by atoms with Gasteiger partial charge in [-0.25, -0.2) is 0 Å². The molecule has 0 radical (unpaired) electrons. The van der Waals surface area contributed by atoms with Gasteiger partial charge in [-0.2, -0.15) is 0 Å². The van der Waals surface area contributed by atoms with Crippen LogP contribution in [0.25, 0.3) is 0 Å². The number of aromatic nitrogens is 4. The number of thioether (sulfide) groups is 1. The second-order valence-corrected chi connectivity index (χ2v) is 7.64. The number of aryl methyl sites for hydroxylation is 1. The highest BCUT2D eigenvalue weighted by molar-refractivity contribution is 7.99. The van der Waals surface area contributed by atoms with Crippen molar-refractivity contribution in [2.75, 3.05) is 5.75 Å². The van der Waals surface area contributed by atoms with Crippen LogP contribution < -0.4 is 0 Å². The molecule has 0 atom stereocenters. The summed E-state index contributed by atoms with van der Waals surface area (Å²) < 4.78 is 2.04. The average Bonchev–Trinajstić information content (AvgIpc) is 3.20. The third kappa shape index (κ3) is 4.09. The molecule has 0 unspecified atom stereocenters. The summed E-state index contributed by atoms with van der Waals surface area (Å²) in [6, 6.07) is 10.1. The largest absolute Gasteiger partial charge is 0.355 e. The van der Waals surface area contributed by atoms with Crippen LogP contribution in [0.2, 0.25) is 0 Å². The molecule has 0 saturated heterocycles. The quantitative estimate of drug-likeness (QED) is 0.460. The van der Waals surface area contributed by atoms with Crippen molar-refractivity contribution < 1.29 is 9.59 Å². The minimum atomic E-state index is -0.0478. The summed E-state index contributed by atoms with van der Waals surface area (Å²) in [5.74, 6) is 1.04. The van der Waals surface area contributed by atoms with Crippen molar-refractivity contribution in [1.29, 1.82) is 0 Å². The fraction of sp³-hybridized carbons (Fsp3) is 0.333. The first-order chi connectivity index (χ1) is 13.4. The second kappa shape index (κ2) is 8.56. The van der Waals surface area contributed by atoms with Crippen molar-refractivity contribution in [3.63, 3.8) is 0 Å². The molecule has 3 rings (SSSR count). The Balaban J connectivity index is 1.74. The van der Waals surface area contributed by atoms with Gasteiger partial charge in [-0.15, -0.1) is 10.2 Å². The maximum Gasteiger partial charge on any atom is 0.191 e. The van der Waals surface area contributed by atoms with Crippen LogP contribution in [0.4, 0.5) is 0 Å². The molecular weight excluding hydrogens is 372 g/mol. The van der Waals surface area contributed by atoms with E-state index in [4.69, 9.17) is 0 Å². The minimum absolute atomic E-state index is 0.0331. The second-order valence-electron chi connectivity index (χ2n) is 6.70. The third-order valence-corrected chi connectivity index (χ3v) is 5.68. The SMILES string of the molecule is CCn1c(Cc2ccccc2)nnc1SCC(=O)c1[nH]c(C)c(C(C)=O)c1C. The van der Waals surface area contributed by atoms with Crippen molar-refractivity contribution in [2.45, 2.75) is 45.8 Å². The van der Waals surface area contributed by atoms with Crippen LogP contribution in [-0.2, 0) is 13.0 Å². The number of carbonyl (C=O) groups is 2. The summed E-state index contributed by atoms with van der Waals surface area (Å²) in [6.45, 7) is 7.92. The first-order valence-corrected chi connectivity index (χ1v) is 10.2. The van der Waals surface area contributed by atoms with E-state index in [1.807, 2.05) is 43.5 Å². The van der Waals surface area contributed by atoms with Crippen molar-refractivity contribution in [2.24, 2.45) is 0 Å². The molecule has 2 aromatic heterocycles. The highest BCUT2D eigenvalue weighted by atomic mass is 32.2. The zero-order chi connectivity index (χ0) is 20.3. The van der Waals surface area contributed by atoms with Gasteiger partial charge >= 0.3 is 0 Å². The number of hydrogen-bond acceptors (Lipinski definition) is 5. The molecule has 146 valence electrons. The van der Waals surface area contributed by atoms with Crippen molar-refractivity contribution in [1.82, 2.24) is 19.7 Å². The summed E-state index contributed by atoms with van der Waals surface area (Å²) in [6.07, 6.45) is 0.701. The Hall–Kier alpha value is -2.67. The molecular formula is C21H24N4O2S. The van der Waals surface area contributed by atoms with Crippen molar-refractivity contribution >= 4 is 23.3 Å². The molecule has 0 saturated carbocycles. The minimum Gasteiger partial charge on any atom is -0.355 e. The number of benzene rings is 1. The van der Waals surface area contributed by atoms with Gasteiger partial charge in [0.05, 0.1) is 11.4 Å². The number of carbonyl (C=O) groups excluding carboxylic acids is 2. The Morgan fingerprint density at radius 3 is 2.46 bits per heavy atom. The van der Waals surface area contributed by atoms with E-state index in [-0.39, 0.29) is 17.3 Å². The Bertz CT molecular complexity index is 1010. The lowest BCUT2D eigenvalue weighted by Crippen LogP contribution is -2.08. The summed E-state index contributed by atoms with van der Waals surface area (Å²) in [5.41, 5.74) is 3.74. The highest BCUT2D eigenvalue weighted by Crippen LogP contribution is 2.23. The van der Waals surface area contributed by atoms with E-state index < -0.39 is 0 Å². The van der Waals surface area contributed by atoms with Crippen LogP contribution in [-0.4, -0.2) is 37.1 Å². The molecule has 0 aliphatic heterocycles. The lowest BCUT2D eigenvalue weighted by Gasteiger charge is -2.07. The highest BCUT2D eigenvalue weighted by Gasteiger charge is 2.21. The standard InChI is InChI=1S/C21H24N4O2S/c1-5-25-18(11-16-9-7-6-8-10-16)23-24-21(25)28-12-17(27)20-13(2)19(15(4)26)14(3)22-20/h6-10,22H,5,11-12H2,1-4H3. The monoisotopic (exact) mass is 396 g/mol. The molecule has 1 N–H and O–H groups in total. The maximum atomic E-state index is 12.7. The molecule has 0 amide bonds. The molecule has 0 bridgehead atoms. The lowest BCUT2D eigenvalue weighted by molar-refractivity contribution is 0.101. The Morgan fingerprint density at radius 2 is 1.86 bits per heavy atom.